The van der Waals surface area contributed by atoms with Gasteiger partial charge in [-0.3, -0.25) is 9.59 Å². The third-order valence-corrected chi connectivity index (χ3v) is 8.50. The van der Waals surface area contributed by atoms with Crippen LogP contribution >= 0.6 is 0 Å². The third-order valence-electron chi connectivity index (χ3n) is 7.55. The van der Waals surface area contributed by atoms with Crippen molar-refractivity contribution in [2.45, 2.75) is 19.9 Å². The van der Waals surface area contributed by atoms with E-state index in [1.807, 2.05) is 78.6 Å². The highest BCUT2D eigenvalue weighted by Gasteiger charge is 2.29. The highest BCUT2D eigenvalue weighted by molar-refractivity contribution is 7.90. The predicted molar refractivity (Wildman–Crippen MR) is 155 cm³/mol. The Bertz CT molecular complexity index is 1940. The number of benzene rings is 4. The second kappa shape index (κ2) is 9.10. The van der Waals surface area contributed by atoms with Crippen molar-refractivity contribution in [2.24, 2.45) is 5.73 Å². The van der Waals surface area contributed by atoms with Crippen LogP contribution in [0.3, 0.4) is 0 Å². The van der Waals surface area contributed by atoms with Gasteiger partial charge in [0.15, 0.2) is 0 Å². The number of nitrogens with two attached hydrogens (primary N) is 1. The second-order valence-electron chi connectivity index (χ2n) is 10.2. The van der Waals surface area contributed by atoms with Gasteiger partial charge in [0, 0.05) is 33.8 Å². The number of amides is 2. The van der Waals surface area contributed by atoms with E-state index in [-0.39, 0.29) is 11.7 Å². The number of hydrogen-bond donors (Lipinski definition) is 2. The van der Waals surface area contributed by atoms with E-state index in [0.29, 0.717) is 24.0 Å². The Morgan fingerprint density at radius 2 is 1.74 bits per heavy atom. The average molecular weight is 538 g/mol. The number of H-pyrrole nitrogens is 1. The molecule has 0 unspecified atom stereocenters. The first-order valence-corrected chi connectivity index (χ1v) is 14.7. The molecular weight excluding hydrogens is 510 g/mol. The normalized spacial score (nSPS) is 13.4. The number of carbonyl (C=O) groups excluding carboxylic acids is 2. The molecule has 0 spiro atoms. The molecule has 0 bridgehead atoms. The molecule has 5 aromatic rings. The second-order valence-corrected chi connectivity index (χ2v) is 12.4. The van der Waals surface area contributed by atoms with Gasteiger partial charge in [0.25, 0.3) is 11.8 Å². The number of rotatable bonds is 6. The Morgan fingerprint density at radius 1 is 0.974 bits per heavy atom. The molecule has 196 valence electrons. The average Bonchev–Trinajstić information content (AvgIpc) is 3.44. The van der Waals surface area contributed by atoms with Gasteiger partial charge < -0.3 is 15.6 Å². The predicted octanol–water partition coefficient (Wildman–Crippen LogP) is 5.14. The zero-order valence-corrected chi connectivity index (χ0v) is 22.4. The molecule has 3 N–H and O–H groups in total. The number of nitrogens with zero attached hydrogens (tertiary/aromatic N) is 1. The summed E-state index contributed by atoms with van der Waals surface area (Å²) >= 11 is 0. The fourth-order valence-corrected chi connectivity index (χ4v) is 6.21. The first-order chi connectivity index (χ1) is 18.6. The van der Waals surface area contributed by atoms with Crippen LogP contribution in [0.15, 0.2) is 72.8 Å². The fraction of sp³-hybridized carbons (Fsp3) is 0.161. The number of aryl methyl sites for hydroxylation is 1. The Kier molecular flexibility index (Phi) is 5.80. The molecule has 0 saturated carbocycles. The lowest BCUT2D eigenvalue weighted by atomic mass is 9.93. The quantitative estimate of drug-likeness (QED) is 0.312. The molecular formula is C31H27N3O4S. The zero-order valence-electron chi connectivity index (χ0n) is 21.6. The Labute approximate surface area is 226 Å². The molecule has 7 nitrogen and oxygen atoms in total. The van der Waals surface area contributed by atoms with Crippen molar-refractivity contribution in [3.63, 3.8) is 0 Å². The number of nitrogens with one attached hydrogen (secondary N) is 1. The van der Waals surface area contributed by atoms with E-state index in [2.05, 4.69) is 4.98 Å². The zero-order chi connectivity index (χ0) is 27.5. The summed E-state index contributed by atoms with van der Waals surface area (Å²) in [4.78, 5) is 30.8. The van der Waals surface area contributed by atoms with Crippen molar-refractivity contribution in [3.05, 3.63) is 101 Å². The summed E-state index contributed by atoms with van der Waals surface area (Å²) in [6.07, 6.45) is 1.62. The Balaban J connectivity index is 1.51. The molecule has 0 saturated heterocycles. The monoisotopic (exact) mass is 537 g/mol. The van der Waals surface area contributed by atoms with Crippen LogP contribution in [0.1, 0.15) is 37.4 Å². The number of aromatic amines is 1. The summed E-state index contributed by atoms with van der Waals surface area (Å²) in [5.41, 5.74) is 13.8. The van der Waals surface area contributed by atoms with Crippen LogP contribution < -0.4 is 10.6 Å². The van der Waals surface area contributed by atoms with Gasteiger partial charge in [0.05, 0.1) is 23.4 Å². The summed E-state index contributed by atoms with van der Waals surface area (Å²) in [5.74, 6) is -0.503. The first kappa shape index (κ1) is 24.9. The van der Waals surface area contributed by atoms with Gasteiger partial charge >= 0.3 is 0 Å². The first-order valence-electron chi connectivity index (χ1n) is 12.7. The van der Waals surface area contributed by atoms with Gasteiger partial charge in [0.1, 0.15) is 9.84 Å². The molecule has 0 aliphatic carbocycles. The maximum atomic E-state index is 13.2. The van der Waals surface area contributed by atoms with Gasteiger partial charge in [-0.05, 0) is 65.4 Å². The van der Waals surface area contributed by atoms with E-state index in [9.17, 15) is 18.0 Å². The molecule has 0 fully saturated rings. The number of fused-ring (bicyclic) bond motifs is 4. The largest absolute Gasteiger partial charge is 0.366 e. The van der Waals surface area contributed by atoms with Gasteiger partial charge in [0.2, 0.25) is 0 Å². The van der Waals surface area contributed by atoms with Crippen LogP contribution in [0.4, 0.5) is 5.69 Å². The van der Waals surface area contributed by atoms with Crippen LogP contribution in [0, 0.1) is 6.92 Å². The summed E-state index contributed by atoms with van der Waals surface area (Å²) in [5, 5.41) is 1.76. The van der Waals surface area contributed by atoms with Crippen LogP contribution in [0.25, 0.3) is 32.9 Å². The Hall–Kier alpha value is -4.43. The molecule has 2 heterocycles. The molecule has 1 aliphatic rings. The van der Waals surface area contributed by atoms with E-state index in [1.54, 1.807) is 6.07 Å². The lowest BCUT2D eigenvalue weighted by Crippen LogP contribution is -2.24. The third kappa shape index (κ3) is 4.27. The minimum atomic E-state index is -3.10. The SMILES string of the molecule is Cc1c(-c2ccc(C(N)=O)c3[nH]c4cc(CCS(C)(=O)=O)ccc4c23)cccc1N1Cc2ccccc2C1=O. The Morgan fingerprint density at radius 3 is 2.49 bits per heavy atom. The molecule has 4 aromatic carbocycles. The number of primary amides is 1. The summed E-state index contributed by atoms with van der Waals surface area (Å²) < 4.78 is 23.4. The molecule has 1 aliphatic heterocycles. The number of hydrogen-bond acceptors (Lipinski definition) is 4. The molecule has 0 atom stereocenters. The summed E-state index contributed by atoms with van der Waals surface area (Å²) in [6, 6.07) is 23.0. The highest BCUT2D eigenvalue weighted by atomic mass is 32.2. The van der Waals surface area contributed by atoms with Gasteiger partial charge in [-0.15, -0.1) is 0 Å². The van der Waals surface area contributed by atoms with Crippen LogP contribution in [0.5, 0.6) is 0 Å². The maximum absolute atomic E-state index is 13.2. The summed E-state index contributed by atoms with van der Waals surface area (Å²) in [7, 11) is -3.10. The molecule has 6 rings (SSSR count). The van der Waals surface area contributed by atoms with Gasteiger partial charge in [-0.25, -0.2) is 8.42 Å². The van der Waals surface area contributed by atoms with Crippen molar-refractivity contribution < 1.29 is 18.0 Å². The van der Waals surface area contributed by atoms with E-state index in [1.165, 1.54) is 6.26 Å². The molecule has 39 heavy (non-hydrogen) atoms. The lowest BCUT2D eigenvalue weighted by molar-refractivity contribution is 0.0990. The standard InChI is InChI=1S/C31H27N3O4S/c1-18-21(8-5-9-27(18)34-17-20-6-3-4-7-22(20)31(34)36)23-12-13-25(30(32)35)29-28(23)24-11-10-19(16-26(24)33-29)14-15-39(2,37)38/h3-13,16,33H,14-15,17H2,1-2H3,(H2,32,35). The van der Waals surface area contributed by atoms with E-state index in [4.69, 9.17) is 5.73 Å². The van der Waals surface area contributed by atoms with Crippen LogP contribution in [-0.4, -0.2) is 37.2 Å². The molecule has 8 heteroatoms. The maximum Gasteiger partial charge on any atom is 0.258 e. The van der Waals surface area contributed by atoms with Crippen LogP contribution in [0.2, 0.25) is 0 Å². The minimum Gasteiger partial charge on any atom is -0.366 e. The number of carbonyl (C=O) groups is 2. The van der Waals surface area contributed by atoms with E-state index >= 15 is 0 Å². The molecule has 1 aromatic heterocycles. The van der Waals surface area contributed by atoms with Gasteiger partial charge in [-0.1, -0.05) is 48.5 Å². The van der Waals surface area contributed by atoms with Gasteiger partial charge in [-0.2, -0.15) is 0 Å². The van der Waals surface area contributed by atoms with Crippen molar-refractivity contribution in [1.82, 2.24) is 4.98 Å². The number of sulfone groups is 1. The number of anilines is 1. The smallest absolute Gasteiger partial charge is 0.258 e. The highest BCUT2D eigenvalue weighted by Crippen LogP contribution is 2.41. The van der Waals surface area contributed by atoms with Crippen molar-refractivity contribution in [3.8, 4) is 11.1 Å². The minimum absolute atomic E-state index is 0.0196. The number of aromatic nitrogens is 1. The topological polar surface area (TPSA) is 113 Å². The lowest BCUT2D eigenvalue weighted by Gasteiger charge is -2.21. The molecule has 2 amide bonds. The fourth-order valence-electron chi connectivity index (χ4n) is 5.60. The van der Waals surface area contributed by atoms with Crippen molar-refractivity contribution in [1.29, 1.82) is 0 Å². The van der Waals surface area contributed by atoms with Crippen LogP contribution in [-0.2, 0) is 22.8 Å². The van der Waals surface area contributed by atoms with E-state index < -0.39 is 15.7 Å². The van der Waals surface area contributed by atoms with Crippen molar-refractivity contribution >= 4 is 49.1 Å². The van der Waals surface area contributed by atoms with Crippen molar-refractivity contribution in [2.75, 3.05) is 16.9 Å². The molecule has 0 radical (unpaired) electrons. The summed E-state index contributed by atoms with van der Waals surface area (Å²) in [6.45, 7) is 2.52. The van der Waals surface area contributed by atoms with E-state index in [0.717, 1.165) is 55.4 Å².